The number of hydrogen-bond acceptors (Lipinski definition) is 3. The second-order valence-corrected chi connectivity index (χ2v) is 8.13. The molecule has 4 rings (SSSR count). The Bertz CT molecular complexity index is 782. The van der Waals surface area contributed by atoms with E-state index in [1.807, 2.05) is 0 Å². The molecular weight excluding hydrogens is 338 g/mol. The molecule has 1 aliphatic heterocycles. The molecule has 144 valence electrons. The van der Waals surface area contributed by atoms with Crippen LogP contribution < -0.4 is 5.32 Å². The number of carboxylic acid groups (broad SMARTS) is 1. The van der Waals surface area contributed by atoms with Crippen LogP contribution >= 0.6 is 0 Å². The number of benzene rings is 1. The number of imidazole rings is 1. The van der Waals surface area contributed by atoms with E-state index in [1.165, 1.54) is 18.4 Å². The summed E-state index contributed by atoms with van der Waals surface area (Å²) in [6.07, 6.45) is 7.88. The van der Waals surface area contributed by atoms with E-state index in [4.69, 9.17) is 4.98 Å². The van der Waals surface area contributed by atoms with Gasteiger partial charge in [-0.3, -0.25) is 4.79 Å². The van der Waals surface area contributed by atoms with Gasteiger partial charge in [0.25, 0.3) is 0 Å². The lowest BCUT2D eigenvalue weighted by molar-refractivity contribution is -0.142. The van der Waals surface area contributed by atoms with Gasteiger partial charge in [0.1, 0.15) is 5.82 Å². The molecule has 1 aromatic carbocycles. The molecule has 2 fully saturated rings. The van der Waals surface area contributed by atoms with Gasteiger partial charge in [-0.2, -0.15) is 0 Å². The van der Waals surface area contributed by atoms with Crippen molar-refractivity contribution in [1.82, 2.24) is 14.9 Å². The first-order valence-electron chi connectivity index (χ1n) is 10.2. The smallest absolute Gasteiger partial charge is 0.306 e. The molecule has 0 amide bonds. The van der Waals surface area contributed by atoms with E-state index in [0.29, 0.717) is 11.8 Å². The third-order valence-electron chi connectivity index (χ3n) is 6.37. The number of piperidine rings is 1. The van der Waals surface area contributed by atoms with E-state index in [-0.39, 0.29) is 5.92 Å². The highest BCUT2D eigenvalue weighted by molar-refractivity contribution is 5.70. The average Bonchev–Trinajstić information content (AvgIpc) is 3.10. The topological polar surface area (TPSA) is 67.2 Å². The van der Waals surface area contributed by atoms with Crippen LogP contribution in [0.25, 0.3) is 11.3 Å². The molecule has 1 aromatic heterocycles. The van der Waals surface area contributed by atoms with E-state index in [9.17, 15) is 9.90 Å². The van der Waals surface area contributed by atoms with E-state index in [0.717, 1.165) is 55.9 Å². The second kappa shape index (κ2) is 7.85. The first kappa shape index (κ1) is 18.2. The van der Waals surface area contributed by atoms with E-state index < -0.39 is 5.97 Å². The molecule has 2 N–H and O–H groups in total. The van der Waals surface area contributed by atoms with E-state index in [2.05, 4.69) is 47.4 Å². The fourth-order valence-corrected chi connectivity index (χ4v) is 4.68. The van der Waals surface area contributed by atoms with E-state index >= 15 is 0 Å². The van der Waals surface area contributed by atoms with Gasteiger partial charge in [-0.1, -0.05) is 24.3 Å². The van der Waals surface area contributed by atoms with Gasteiger partial charge in [0.05, 0.1) is 11.6 Å². The summed E-state index contributed by atoms with van der Waals surface area (Å²) in [7, 11) is 2.05. The summed E-state index contributed by atoms with van der Waals surface area (Å²) in [6, 6.07) is 8.92. The van der Waals surface area contributed by atoms with Crippen LogP contribution in [0, 0.1) is 5.92 Å². The summed E-state index contributed by atoms with van der Waals surface area (Å²) in [5.41, 5.74) is 3.61. The van der Waals surface area contributed by atoms with Crippen molar-refractivity contribution in [2.45, 2.75) is 50.4 Å². The molecule has 0 unspecified atom stereocenters. The summed E-state index contributed by atoms with van der Waals surface area (Å²) in [5, 5.41) is 12.6. The van der Waals surface area contributed by atoms with Gasteiger partial charge < -0.3 is 15.0 Å². The summed E-state index contributed by atoms with van der Waals surface area (Å²) in [5.74, 6) is 1.31. The molecule has 2 heterocycles. The zero-order valence-corrected chi connectivity index (χ0v) is 16.0. The number of rotatable bonds is 4. The predicted octanol–water partition coefficient (Wildman–Crippen LogP) is 3.91. The van der Waals surface area contributed by atoms with Gasteiger partial charge in [-0.25, -0.2) is 4.98 Å². The molecular formula is C22H29N3O2. The minimum atomic E-state index is -0.650. The van der Waals surface area contributed by atoms with Crippen molar-refractivity contribution < 1.29 is 9.90 Å². The van der Waals surface area contributed by atoms with Crippen LogP contribution in [0.3, 0.4) is 0 Å². The highest BCUT2D eigenvalue weighted by Gasteiger charge is 2.29. The SMILES string of the molecule is Cn1cc(-c2ccc(C3CCNCC3)cc2)nc1C1CCC(C(=O)O)CC1. The van der Waals surface area contributed by atoms with Crippen molar-refractivity contribution >= 4 is 5.97 Å². The summed E-state index contributed by atoms with van der Waals surface area (Å²) in [6.45, 7) is 2.22. The number of carbonyl (C=O) groups is 1. The molecule has 0 bridgehead atoms. The lowest BCUT2D eigenvalue weighted by Crippen LogP contribution is -2.26. The largest absolute Gasteiger partial charge is 0.481 e. The minimum Gasteiger partial charge on any atom is -0.481 e. The molecule has 5 nitrogen and oxygen atoms in total. The summed E-state index contributed by atoms with van der Waals surface area (Å²) < 4.78 is 2.13. The normalized spacial score (nSPS) is 24.0. The van der Waals surface area contributed by atoms with Crippen molar-refractivity contribution in [2.75, 3.05) is 13.1 Å². The van der Waals surface area contributed by atoms with Crippen LogP contribution in [0.5, 0.6) is 0 Å². The first-order valence-corrected chi connectivity index (χ1v) is 10.2. The maximum atomic E-state index is 11.2. The Kier molecular flexibility index (Phi) is 5.30. The van der Waals surface area contributed by atoms with Gasteiger partial charge >= 0.3 is 5.97 Å². The van der Waals surface area contributed by atoms with Crippen LogP contribution in [0.2, 0.25) is 0 Å². The van der Waals surface area contributed by atoms with Crippen LogP contribution in [0.15, 0.2) is 30.5 Å². The third-order valence-corrected chi connectivity index (χ3v) is 6.37. The maximum absolute atomic E-state index is 11.2. The maximum Gasteiger partial charge on any atom is 0.306 e. The van der Waals surface area contributed by atoms with Gasteiger partial charge in [0.15, 0.2) is 0 Å². The zero-order chi connectivity index (χ0) is 18.8. The molecule has 1 aliphatic carbocycles. The second-order valence-electron chi connectivity index (χ2n) is 8.13. The molecule has 5 heteroatoms. The van der Waals surface area contributed by atoms with Crippen molar-refractivity contribution in [3.05, 3.63) is 41.9 Å². The lowest BCUT2D eigenvalue weighted by Gasteiger charge is -2.25. The number of aryl methyl sites for hydroxylation is 1. The lowest BCUT2D eigenvalue weighted by atomic mass is 9.81. The van der Waals surface area contributed by atoms with Crippen molar-refractivity contribution in [3.63, 3.8) is 0 Å². The third kappa shape index (κ3) is 3.93. The fraction of sp³-hybridized carbons (Fsp3) is 0.545. The molecule has 2 aliphatic rings. The number of nitrogens with zero attached hydrogens (tertiary/aromatic N) is 2. The van der Waals surface area contributed by atoms with Crippen molar-refractivity contribution in [2.24, 2.45) is 13.0 Å². The Hall–Kier alpha value is -2.14. The van der Waals surface area contributed by atoms with Crippen molar-refractivity contribution in [1.29, 1.82) is 0 Å². The quantitative estimate of drug-likeness (QED) is 0.860. The van der Waals surface area contributed by atoms with Gasteiger partial charge in [0, 0.05) is 24.7 Å². The highest BCUT2D eigenvalue weighted by Crippen LogP contribution is 2.36. The molecule has 27 heavy (non-hydrogen) atoms. The molecule has 1 saturated carbocycles. The van der Waals surface area contributed by atoms with Crippen LogP contribution in [-0.2, 0) is 11.8 Å². The Labute approximate surface area is 160 Å². The summed E-state index contributed by atoms with van der Waals surface area (Å²) in [4.78, 5) is 16.1. The molecule has 0 spiro atoms. The Morgan fingerprint density at radius 1 is 1.04 bits per heavy atom. The molecule has 1 saturated heterocycles. The Balaban J connectivity index is 1.47. The highest BCUT2D eigenvalue weighted by atomic mass is 16.4. The minimum absolute atomic E-state index is 0.177. The number of aliphatic carboxylic acids is 1. The van der Waals surface area contributed by atoms with Crippen LogP contribution in [0.4, 0.5) is 0 Å². The fourth-order valence-electron chi connectivity index (χ4n) is 4.68. The van der Waals surface area contributed by atoms with Crippen LogP contribution in [-0.4, -0.2) is 33.7 Å². The van der Waals surface area contributed by atoms with Crippen LogP contribution in [0.1, 0.15) is 61.7 Å². The molecule has 0 radical (unpaired) electrons. The summed E-state index contributed by atoms with van der Waals surface area (Å²) >= 11 is 0. The number of hydrogen-bond donors (Lipinski definition) is 2. The van der Waals surface area contributed by atoms with Crippen molar-refractivity contribution in [3.8, 4) is 11.3 Å². The molecule has 2 aromatic rings. The Morgan fingerprint density at radius 2 is 1.70 bits per heavy atom. The molecule has 0 atom stereocenters. The Morgan fingerprint density at radius 3 is 2.33 bits per heavy atom. The number of nitrogens with one attached hydrogen (secondary N) is 1. The van der Waals surface area contributed by atoms with Gasteiger partial charge in [-0.05, 0) is 63.1 Å². The van der Waals surface area contributed by atoms with E-state index in [1.54, 1.807) is 0 Å². The predicted molar refractivity (Wildman–Crippen MR) is 106 cm³/mol. The van der Waals surface area contributed by atoms with Gasteiger partial charge in [-0.15, -0.1) is 0 Å². The monoisotopic (exact) mass is 367 g/mol. The standard InChI is InChI=1S/C22H29N3O2/c1-25-14-20(24-21(25)18-6-8-19(9-7-18)22(26)27)17-4-2-15(3-5-17)16-10-12-23-13-11-16/h2-5,14,16,18-19,23H,6-13H2,1H3,(H,26,27). The zero-order valence-electron chi connectivity index (χ0n) is 16.0. The average molecular weight is 367 g/mol. The first-order chi connectivity index (χ1) is 13.1. The number of carboxylic acids is 1. The number of aromatic nitrogens is 2. The van der Waals surface area contributed by atoms with Gasteiger partial charge in [0.2, 0.25) is 0 Å².